The van der Waals surface area contributed by atoms with Crippen LogP contribution < -0.4 is 5.73 Å². The number of carboxylic acids is 1. The minimum absolute atomic E-state index is 0.0202. The predicted octanol–water partition coefficient (Wildman–Crippen LogP) is 0.548. The third-order valence-corrected chi connectivity index (χ3v) is 1.86. The fraction of sp³-hybridized carbons (Fsp3) is 0. The summed E-state index contributed by atoms with van der Waals surface area (Å²) in [5, 5.41) is 12.6. The molecule has 6 nitrogen and oxygen atoms in total. The van der Waals surface area contributed by atoms with E-state index in [1.807, 2.05) is 0 Å². The van der Waals surface area contributed by atoms with Gasteiger partial charge in [-0.25, -0.2) is 14.5 Å². The highest BCUT2D eigenvalue weighted by Gasteiger charge is 2.13. The molecule has 15 heavy (non-hydrogen) atoms. The van der Waals surface area contributed by atoms with Crippen molar-refractivity contribution in [2.24, 2.45) is 0 Å². The monoisotopic (exact) mass is 204 g/mol. The Morgan fingerprint density at radius 3 is 2.80 bits per heavy atom. The zero-order valence-corrected chi connectivity index (χ0v) is 7.66. The number of carboxylic acid groups (broad SMARTS) is 1. The summed E-state index contributed by atoms with van der Waals surface area (Å²) in [6.07, 6.45) is 2.92. The van der Waals surface area contributed by atoms with Crippen molar-refractivity contribution in [3.05, 3.63) is 36.2 Å². The minimum atomic E-state index is -1.10. The summed E-state index contributed by atoms with van der Waals surface area (Å²) in [5.74, 6) is -0.598. The van der Waals surface area contributed by atoms with E-state index in [1.54, 1.807) is 24.4 Å². The third kappa shape index (κ3) is 1.64. The Morgan fingerprint density at radius 1 is 1.47 bits per heavy atom. The van der Waals surface area contributed by atoms with E-state index in [1.165, 1.54) is 10.9 Å². The van der Waals surface area contributed by atoms with E-state index in [2.05, 4.69) is 10.1 Å². The maximum absolute atomic E-state index is 10.7. The van der Waals surface area contributed by atoms with E-state index in [0.717, 1.165) is 0 Å². The molecule has 0 bridgehead atoms. The maximum atomic E-state index is 10.7. The Labute approximate surface area is 85.0 Å². The molecule has 2 aromatic heterocycles. The normalized spacial score (nSPS) is 10.1. The predicted molar refractivity (Wildman–Crippen MR) is 52.7 cm³/mol. The number of carbonyl (C=O) groups is 1. The van der Waals surface area contributed by atoms with Crippen molar-refractivity contribution in [2.75, 3.05) is 5.73 Å². The van der Waals surface area contributed by atoms with Gasteiger partial charge in [0.15, 0.2) is 11.6 Å². The van der Waals surface area contributed by atoms with Gasteiger partial charge in [-0.05, 0) is 12.1 Å². The zero-order valence-electron chi connectivity index (χ0n) is 7.66. The highest BCUT2D eigenvalue weighted by Crippen LogP contribution is 2.11. The molecule has 0 atom stereocenters. The van der Waals surface area contributed by atoms with Crippen molar-refractivity contribution >= 4 is 11.8 Å². The van der Waals surface area contributed by atoms with Crippen LogP contribution in [-0.4, -0.2) is 25.8 Å². The molecule has 0 aliphatic carbocycles. The van der Waals surface area contributed by atoms with Crippen LogP contribution in [0.2, 0.25) is 0 Å². The average Bonchev–Trinajstić information content (AvgIpc) is 2.62. The number of nitrogen functional groups attached to an aromatic ring is 1. The van der Waals surface area contributed by atoms with Gasteiger partial charge in [-0.15, -0.1) is 5.10 Å². The molecule has 0 saturated carbocycles. The molecule has 0 aliphatic rings. The molecule has 76 valence electrons. The van der Waals surface area contributed by atoms with Gasteiger partial charge in [-0.1, -0.05) is 6.07 Å². The summed E-state index contributed by atoms with van der Waals surface area (Å²) in [6, 6.07) is 5.24. The van der Waals surface area contributed by atoms with Gasteiger partial charge in [0.05, 0.1) is 0 Å². The molecule has 2 heterocycles. The number of hydrogen-bond donors (Lipinski definition) is 2. The van der Waals surface area contributed by atoms with Crippen LogP contribution in [0.25, 0.3) is 5.82 Å². The topological polar surface area (TPSA) is 94.0 Å². The number of rotatable bonds is 2. The molecule has 0 radical (unpaired) electrons. The molecule has 0 fully saturated rings. The van der Waals surface area contributed by atoms with Gasteiger partial charge in [0.1, 0.15) is 5.56 Å². The second kappa shape index (κ2) is 3.41. The number of hydrogen-bond acceptors (Lipinski definition) is 4. The van der Waals surface area contributed by atoms with E-state index in [4.69, 9.17) is 10.8 Å². The van der Waals surface area contributed by atoms with Crippen molar-refractivity contribution < 1.29 is 9.90 Å². The lowest BCUT2D eigenvalue weighted by Gasteiger charge is -1.96. The summed E-state index contributed by atoms with van der Waals surface area (Å²) in [7, 11) is 0. The molecule has 0 unspecified atom stereocenters. The van der Waals surface area contributed by atoms with Crippen LogP contribution in [0, 0.1) is 0 Å². The van der Waals surface area contributed by atoms with Gasteiger partial charge < -0.3 is 10.8 Å². The number of aromatic nitrogens is 3. The Morgan fingerprint density at radius 2 is 2.27 bits per heavy atom. The van der Waals surface area contributed by atoms with Gasteiger partial charge in [-0.2, -0.15) is 0 Å². The second-order valence-corrected chi connectivity index (χ2v) is 2.87. The van der Waals surface area contributed by atoms with Gasteiger partial charge in [-0.3, -0.25) is 0 Å². The number of anilines is 1. The van der Waals surface area contributed by atoms with Crippen molar-refractivity contribution in [3.63, 3.8) is 0 Å². The first kappa shape index (κ1) is 9.20. The molecule has 0 aliphatic heterocycles. The summed E-state index contributed by atoms with van der Waals surface area (Å²) in [6.45, 7) is 0. The molecular formula is C9H8N4O2. The second-order valence-electron chi connectivity index (χ2n) is 2.87. The van der Waals surface area contributed by atoms with E-state index in [9.17, 15) is 4.79 Å². The number of pyridine rings is 1. The molecule has 0 saturated heterocycles. The molecule has 0 spiro atoms. The van der Waals surface area contributed by atoms with Gasteiger partial charge in [0, 0.05) is 12.4 Å². The minimum Gasteiger partial charge on any atom is -0.477 e. The number of nitrogens with zero attached hydrogens (tertiary/aromatic N) is 3. The summed E-state index contributed by atoms with van der Waals surface area (Å²) in [5.41, 5.74) is 5.41. The quantitative estimate of drug-likeness (QED) is 0.744. The van der Waals surface area contributed by atoms with E-state index < -0.39 is 5.97 Å². The lowest BCUT2D eigenvalue weighted by molar-refractivity contribution is 0.0698. The lowest BCUT2D eigenvalue weighted by Crippen LogP contribution is -1.98. The average molecular weight is 204 g/mol. The molecule has 6 heteroatoms. The van der Waals surface area contributed by atoms with Crippen LogP contribution in [-0.2, 0) is 0 Å². The molecule has 0 aromatic carbocycles. The van der Waals surface area contributed by atoms with E-state index in [-0.39, 0.29) is 11.4 Å². The van der Waals surface area contributed by atoms with Crippen molar-refractivity contribution in [1.29, 1.82) is 0 Å². The highest BCUT2D eigenvalue weighted by molar-refractivity contribution is 5.92. The SMILES string of the molecule is Nc1nn(-c2ccccn2)cc1C(=O)O. The number of aromatic carboxylic acids is 1. The molecule has 2 aromatic rings. The highest BCUT2D eigenvalue weighted by atomic mass is 16.4. The fourth-order valence-electron chi connectivity index (χ4n) is 1.16. The van der Waals surface area contributed by atoms with Crippen molar-refractivity contribution in [3.8, 4) is 5.82 Å². The Kier molecular flexibility index (Phi) is 2.09. The van der Waals surface area contributed by atoms with Gasteiger partial charge >= 0.3 is 5.97 Å². The van der Waals surface area contributed by atoms with Crippen molar-refractivity contribution in [2.45, 2.75) is 0 Å². The van der Waals surface area contributed by atoms with E-state index >= 15 is 0 Å². The standard InChI is InChI=1S/C9H8N4O2/c10-8-6(9(14)15)5-13(12-8)7-3-1-2-4-11-7/h1-5H,(H2,10,12)(H,14,15). The first-order chi connectivity index (χ1) is 7.18. The van der Waals surface area contributed by atoms with Crippen LogP contribution in [0.4, 0.5) is 5.82 Å². The van der Waals surface area contributed by atoms with Crippen LogP contribution in [0.1, 0.15) is 10.4 Å². The van der Waals surface area contributed by atoms with Crippen molar-refractivity contribution in [1.82, 2.24) is 14.8 Å². The molecule has 3 N–H and O–H groups in total. The van der Waals surface area contributed by atoms with E-state index in [0.29, 0.717) is 5.82 Å². The number of nitrogens with two attached hydrogens (primary N) is 1. The smallest absolute Gasteiger partial charge is 0.341 e. The first-order valence-electron chi connectivity index (χ1n) is 4.18. The molecule has 2 rings (SSSR count). The summed E-state index contributed by atoms with van der Waals surface area (Å²) in [4.78, 5) is 14.7. The Bertz CT molecular complexity index is 492. The Balaban J connectivity index is 2.48. The molecular weight excluding hydrogens is 196 g/mol. The van der Waals surface area contributed by atoms with Gasteiger partial charge in [0.2, 0.25) is 0 Å². The third-order valence-electron chi connectivity index (χ3n) is 1.86. The largest absolute Gasteiger partial charge is 0.477 e. The summed E-state index contributed by atoms with van der Waals surface area (Å²) >= 11 is 0. The van der Waals surface area contributed by atoms with Crippen LogP contribution in [0.5, 0.6) is 0 Å². The summed E-state index contributed by atoms with van der Waals surface area (Å²) < 4.78 is 1.33. The zero-order chi connectivity index (χ0) is 10.8. The van der Waals surface area contributed by atoms with Gasteiger partial charge in [0.25, 0.3) is 0 Å². The van der Waals surface area contributed by atoms with Crippen LogP contribution in [0.3, 0.4) is 0 Å². The Hall–Kier alpha value is -2.37. The molecule has 0 amide bonds. The van der Waals surface area contributed by atoms with Crippen LogP contribution >= 0.6 is 0 Å². The van der Waals surface area contributed by atoms with Crippen LogP contribution in [0.15, 0.2) is 30.6 Å². The maximum Gasteiger partial charge on any atom is 0.341 e. The fourth-order valence-corrected chi connectivity index (χ4v) is 1.16. The first-order valence-corrected chi connectivity index (χ1v) is 4.18. The lowest BCUT2D eigenvalue weighted by atomic mass is 10.3.